The van der Waals surface area contributed by atoms with Gasteiger partial charge in [-0.3, -0.25) is 4.98 Å². The third-order valence-corrected chi connectivity index (χ3v) is 4.12. The van der Waals surface area contributed by atoms with E-state index in [1.807, 2.05) is 18.3 Å². The number of furan rings is 1. The van der Waals surface area contributed by atoms with Crippen molar-refractivity contribution in [1.82, 2.24) is 10.3 Å². The van der Waals surface area contributed by atoms with Gasteiger partial charge in [0.15, 0.2) is 5.22 Å². The van der Waals surface area contributed by atoms with Crippen molar-refractivity contribution in [3.05, 3.63) is 52.7 Å². The molecule has 19 heavy (non-hydrogen) atoms. The second kappa shape index (κ2) is 5.35. The molecule has 0 amide bonds. The van der Waals surface area contributed by atoms with E-state index in [1.54, 1.807) is 6.26 Å². The number of nitrogens with zero attached hydrogens (tertiary/aromatic N) is 1. The lowest BCUT2D eigenvalue weighted by molar-refractivity contribution is 0.442. The molecule has 0 fully saturated rings. The van der Waals surface area contributed by atoms with Crippen LogP contribution in [0.15, 0.2) is 35.1 Å². The summed E-state index contributed by atoms with van der Waals surface area (Å²) in [6, 6.07) is 6.31. The molecule has 0 aliphatic heterocycles. The Kier molecular flexibility index (Phi) is 3.58. The summed E-state index contributed by atoms with van der Waals surface area (Å²) in [6.07, 6.45) is 5.71. The SMILES string of the molecule is CCNC(c1ccoc1Cl)C1CCc2cccnc21. The van der Waals surface area contributed by atoms with Gasteiger partial charge >= 0.3 is 0 Å². The molecule has 0 spiro atoms. The number of pyridine rings is 1. The zero-order chi connectivity index (χ0) is 13.2. The number of aromatic nitrogens is 1. The van der Waals surface area contributed by atoms with Crippen molar-refractivity contribution in [3.63, 3.8) is 0 Å². The van der Waals surface area contributed by atoms with Crippen LogP contribution in [0, 0.1) is 0 Å². The molecule has 2 heterocycles. The maximum atomic E-state index is 6.15. The van der Waals surface area contributed by atoms with Crippen LogP contribution in [-0.4, -0.2) is 11.5 Å². The first-order valence-electron chi connectivity index (χ1n) is 6.71. The summed E-state index contributed by atoms with van der Waals surface area (Å²) >= 11 is 6.15. The van der Waals surface area contributed by atoms with Gasteiger partial charge in [0.05, 0.1) is 6.26 Å². The fourth-order valence-electron chi connectivity index (χ4n) is 2.98. The standard InChI is InChI=1S/C15H17ClN2O/c1-2-17-14(12-7-9-19-15(12)16)11-6-5-10-4-3-8-18-13(10)11/h3-4,7-9,11,14,17H,2,5-6H2,1H3. The number of halogens is 1. The predicted molar refractivity (Wildman–Crippen MR) is 75.4 cm³/mol. The van der Waals surface area contributed by atoms with Gasteiger partial charge in [0.25, 0.3) is 0 Å². The van der Waals surface area contributed by atoms with E-state index in [0.29, 0.717) is 11.1 Å². The largest absolute Gasteiger partial charge is 0.453 e. The lowest BCUT2D eigenvalue weighted by Gasteiger charge is -2.24. The highest BCUT2D eigenvalue weighted by atomic mass is 35.5. The molecule has 100 valence electrons. The van der Waals surface area contributed by atoms with Gasteiger partial charge in [-0.25, -0.2) is 0 Å². The molecular weight excluding hydrogens is 260 g/mol. The van der Waals surface area contributed by atoms with E-state index in [-0.39, 0.29) is 6.04 Å². The molecule has 1 aliphatic rings. The third-order valence-electron chi connectivity index (χ3n) is 3.81. The van der Waals surface area contributed by atoms with E-state index in [1.165, 1.54) is 11.3 Å². The topological polar surface area (TPSA) is 38.1 Å². The molecule has 2 unspecified atom stereocenters. The molecule has 0 saturated carbocycles. The number of fused-ring (bicyclic) bond motifs is 1. The highest BCUT2D eigenvalue weighted by Gasteiger charge is 2.33. The molecule has 2 aromatic rings. The third kappa shape index (κ3) is 2.28. The molecule has 1 aliphatic carbocycles. The van der Waals surface area contributed by atoms with Gasteiger partial charge in [-0.05, 0) is 48.7 Å². The maximum Gasteiger partial charge on any atom is 0.197 e. The number of rotatable bonds is 4. The van der Waals surface area contributed by atoms with Crippen LogP contribution in [0.2, 0.25) is 5.22 Å². The second-order valence-corrected chi connectivity index (χ2v) is 5.22. The monoisotopic (exact) mass is 276 g/mol. The first kappa shape index (κ1) is 12.7. The number of hydrogen-bond acceptors (Lipinski definition) is 3. The van der Waals surface area contributed by atoms with Crippen molar-refractivity contribution >= 4 is 11.6 Å². The van der Waals surface area contributed by atoms with Crippen molar-refractivity contribution in [2.75, 3.05) is 6.54 Å². The normalized spacial score (nSPS) is 19.4. The molecule has 2 aromatic heterocycles. The summed E-state index contributed by atoms with van der Waals surface area (Å²) in [5, 5.41) is 4.01. The van der Waals surface area contributed by atoms with Crippen molar-refractivity contribution in [1.29, 1.82) is 0 Å². The molecule has 3 nitrogen and oxygen atoms in total. The van der Waals surface area contributed by atoms with E-state index < -0.39 is 0 Å². The van der Waals surface area contributed by atoms with E-state index in [9.17, 15) is 0 Å². The molecule has 4 heteroatoms. The zero-order valence-electron chi connectivity index (χ0n) is 10.9. The van der Waals surface area contributed by atoms with E-state index in [2.05, 4.69) is 23.3 Å². The van der Waals surface area contributed by atoms with Crippen LogP contribution >= 0.6 is 11.6 Å². The quantitative estimate of drug-likeness (QED) is 0.925. The first-order valence-corrected chi connectivity index (χ1v) is 7.09. The van der Waals surface area contributed by atoms with Crippen LogP contribution < -0.4 is 5.32 Å². The Bertz CT molecular complexity index is 567. The van der Waals surface area contributed by atoms with Crippen LogP contribution in [-0.2, 0) is 6.42 Å². The van der Waals surface area contributed by atoms with Crippen LogP contribution in [0.5, 0.6) is 0 Å². The van der Waals surface area contributed by atoms with Gasteiger partial charge in [-0.2, -0.15) is 0 Å². The summed E-state index contributed by atoms with van der Waals surface area (Å²) in [4.78, 5) is 4.57. The molecule has 0 radical (unpaired) electrons. The minimum Gasteiger partial charge on any atom is -0.453 e. The van der Waals surface area contributed by atoms with Crippen LogP contribution in [0.1, 0.15) is 42.1 Å². The van der Waals surface area contributed by atoms with Gasteiger partial charge in [0, 0.05) is 29.4 Å². The van der Waals surface area contributed by atoms with Crippen LogP contribution in [0.3, 0.4) is 0 Å². The summed E-state index contributed by atoms with van der Waals surface area (Å²) in [6.45, 7) is 3.00. The lowest BCUT2D eigenvalue weighted by atomic mass is 9.92. The molecule has 1 N–H and O–H groups in total. The second-order valence-electron chi connectivity index (χ2n) is 4.88. The number of nitrogens with one attached hydrogen (secondary N) is 1. The zero-order valence-corrected chi connectivity index (χ0v) is 11.7. The molecular formula is C15H17ClN2O. The Hall–Kier alpha value is -1.32. The van der Waals surface area contributed by atoms with Crippen LogP contribution in [0.4, 0.5) is 0 Å². The Balaban J connectivity index is 1.96. The van der Waals surface area contributed by atoms with E-state index in [4.69, 9.17) is 16.0 Å². The molecule has 0 saturated heterocycles. The number of aryl methyl sites for hydroxylation is 1. The van der Waals surface area contributed by atoms with Crippen molar-refractivity contribution in [2.24, 2.45) is 0 Å². The fourth-order valence-corrected chi connectivity index (χ4v) is 3.22. The van der Waals surface area contributed by atoms with Gasteiger partial charge in [0.2, 0.25) is 0 Å². The average molecular weight is 277 g/mol. The molecule has 0 bridgehead atoms. The van der Waals surface area contributed by atoms with Crippen molar-refractivity contribution < 1.29 is 4.42 Å². The van der Waals surface area contributed by atoms with Crippen molar-refractivity contribution in [3.8, 4) is 0 Å². The van der Waals surface area contributed by atoms with E-state index >= 15 is 0 Å². The smallest absolute Gasteiger partial charge is 0.197 e. The maximum absolute atomic E-state index is 6.15. The first-order chi connectivity index (χ1) is 9.31. The highest BCUT2D eigenvalue weighted by Crippen LogP contribution is 2.42. The Morgan fingerprint density at radius 3 is 3.16 bits per heavy atom. The number of hydrogen-bond donors (Lipinski definition) is 1. The minimum absolute atomic E-state index is 0.174. The van der Waals surface area contributed by atoms with Gasteiger partial charge in [-0.15, -0.1) is 0 Å². The van der Waals surface area contributed by atoms with Gasteiger partial charge < -0.3 is 9.73 Å². The van der Waals surface area contributed by atoms with Crippen molar-refractivity contribution in [2.45, 2.75) is 31.7 Å². The highest BCUT2D eigenvalue weighted by molar-refractivity contribution is 6.29. The van der Waals surface area contributed by atoms with Gasteiger partial charge in [0.1, 0.15) is 0 Å². The summed E-state index contributed by atoms with van der Waals surface area (Å²) in [5.41, 5.74) is 3.59. The molecule has 0 aromatic carbocycles. The van der Waals surface area contributed by atoms with E-state index in [0.717, 1.165) is 24.9 Å². The molecule has 2 atom stereocenters. The Labute approximate surface area is 118 Å². The summed E-state index contributed by atoms with van der Waals surface area (Å²) in [7, 11) is 0. The summed E-state index contributed by atoms with van der Waals surface area (Å²) < 4.78 is 5.24. The lowest BCUT2D eigenvalue weighted by Crippen LogP contribution is -2.26. The number of likely N-dealkylation sites (N-methyl/N-ethyl adjacent to an activating group) is 1. The summed E-state index contributed by atoms with van der Waals surface area (Å²) in [5.74, 6) is 0.367. The molecule has 3 rings (SSSR count). The minimum atomic E-state index is 0.174. The average Bonchev–Trinajstić information content (AvgIpc) is 3.03. The van der Waals surface area contributed by atoms with Crippen LogP contribution in [0.25, 0.3) is 0 Å². The predicted octanol–water partition coefficient (Wildman–Crippen LogP) is 3.71. The Morgan fingerprint density at radius 2 is 2.42 bits per heavy atom. The van der Waals surface area contributed by atoms with Gasteiger partial charge in [-0.1, -0.05) is 13.0 Å². The fraction of sp³-hybridized carbons (Fsp3) is 0.400. The Morgan fingerprint density at radius 1 is 1.53 bits per heavy atom.